The first kappa shape index (κ1) is 20.1. The number of thiocarbonyl (C=S) groups is 1. The van der Waals surface area contributed by atoms with Gasteiger partial charge in [0.2, 0.25) is 5.91 Å². The van der Waals surface area contributed by atoms with Gasteiger partial charge in [-0.15, -0.1) is 0 Å². The zero-order chi connectivity index (χ0) is 19.8. The van der Waals surface area contributed by atoms with Gasteiger partial charge in [-0.1, -0.05) is 54.5 Å². The summed E-state index contributed by atoms with van der Waals surface area (Å²) in [5.41, 5.74) is 3.29. The lowest BCUT2D eigenvalue weighted by Crippen LogP contribution is -2.42. The molecular formula is C22H26N4OS. The van der Waals surface area contributed by atoms with E-state index in [1.165, 1.54) is 5.56 Å². The maximum atomic E-state index is 12.0. The Labute approximate surface area is 171 Å². The van der Waals surface area contributed by atoms with Crippen molar-refractivity contribution < 1.29 is 4.79 Å². The van der Waals surface area contributed by atoms with Gasteiger partial charge in [0.25, 0.3) is 0 Å². The number of amidine groups is 1. The summed E-state index contributed by atoms with van der Waals surface area (Å²) < 4.78 is 0. The third-order valence-electron chi connectivity index (χ3n) is 4.71. The molecule has 1 unspecified atom stereocenters. The molecule has 0 saturated heterocycles. The van der Waals surface area contributed by atoms with Crippen LogP contribution in [0.1, 0.15) is 36.8 Å². The second-order valence-electron chi connectivity index (χ2n) is 7.03. The molecule has 1 amide bonds. The molecule has 1 atom stereocenters. The highest BCUT2D eigenvalue weighted by Gasteiger charge is 2.24. The quantitative estimate of drug-likeness (QED) is 0.523. The number of unbranched alkanes of at least 4 members (excludes halogenated alkanes) is 2. The highest BCUT2D eigenvalue weighted by atomic mass is 32.1. The summed E-state index contributed by atoms with van der Waals surface area (Å²) in [6.07, 6.45) is 11.4. The van der Waals surface area contributed by atoms with Crippen LogP contribution in [0.15, 0.2) is 58.6 Å². The fraction of sp³-hybridized carbons (Fsp3) is 0.364. The number of fused-ring (bicyclic) bond motifs is 1. The molecule has 28 heavy (non-hydrogen) atoms. The van der Waals surface area contributed by atoms with Gasteiger partial charge in [-0.05, 0) is 43.6 Å². The zero-order valence-electron chi connectivity index (χ0n) is 16.1. The highest BCUT2D eigenvalue weighted by molar-refractivity contribution is 7.80. The lowest BCUT2D eigenvalue weighted by Gasteiger charge is -2.24. The third-order valence-corrected chi connectivity index (χ3v) is 4.91. The number of carbonyl (C=O) groups excluding carboxylic acids is 1. The van der Waals surface area contributed by atoms with Crippen molar-refractivity contribution in [2.75, 3.05) is 6.54 Å². The van der Waals surface area contributed by atoms with Crippen molar-refractivity contribution in [3.63, 3.8) is 0 Å². The van der Waals surface area contributed by atoms with E-state index in [9.17, 15) is 4.79 Å². The SMILES string of the molecule is Cc1ccc(CNC(=O)CCCCCN=C2NC(=S)N=C3C=CC=CC32)cc1. The lowest BCUT2D eigenvalue weighted by atomic mass is 9.96. The third kappa shape index (κ3) is 5.96. The number of hydrogen-bond acceptors (Lipinski definition) is 3. The molecule has 0 spiro atoms. The summed E-state index contributed by atoms with van der Waals surface area (Å²) in [6.45, 7) is 3.37. The maximum absolute atomic E-state index is 12.0. The Morgan fingerprint density at radius 3 is 2.86 bits per heavy atom. The fourth-order valence-electron chi connectivity index (χ4n) is 3.11. The first-order valence-corrected chi connectivity index (χ1v) is 10.1. The summed E-state index contributed by atoms with van der Waals surface area (Å²) in [7, 11) is 0. The van der Waals surface area contributed by atoms with Crippen molar-refractivity contribution >= 4 is 34.8 Å². The van der Waals surface area contributed by atoms with E-state index in [-0.39, 0.29) is 11.8 Å². The summed E-state index contributed by atoms with van der Waals surface area (Å²) in [5, 5.41) is 6.55. The molecule has 0 aromatic heterocycles. The van der Waals surface area contributed by atoms with Crippen molar-refractivity contribution in [3.05, 3.63) is 59.7 Å². The number of amides is 1. The van der Waals surface area contributed by atoms with Crippen LogP contribution in [-0.2, 0) is 11.3 Å². The first-order chi connectivity index (χ1) is 13.6. The number of aryl methyl sites for hydroxylation is 1. The van der Waals surface area contributed by atoms with Crippen molar-refractivity contribution in [1.29, 1.82) is 0 Å². The van der Waals surface area contributed by atoms with Gasteiger partial charge in [0, 0.05) is 19.5 Å². The Kier molecular flexibility index (Phi) is 7.25. The van der Waals surface area contributed by atoms with Gasteiger partial charge in [-0.3, -0.25) is 9.79 Å². The van der Waals surface area contributed by atoms with Crippen LogP contribution in [0.3, 0.4) is 0 Å². The maximum Gasteiger partial charge on any atom is 0.220 e. The highest BCUT2D eigenvalue weighted by Crippen LogP contribution is 2.15. The standard InChI is InChI=1S/C22H26N4OS/c1-16-10-12-17(13-11-16)15-24-20(27)9-3-2-6-14-23-21-18-7-4-5-8-19(18)25-22(28)26-21/h4-5,7-8,10-13,18H,2-3,6,9,14-15H2,1H3,(H,24,27)(H,23,26,28). The van der Waals surface area contributed by atoms with Crippen LogP contribution in [0.4, 0.5) is 0 Å². The van der Waals surface area contributed by atoms with Gasteiger partial charge < -0.3 is 10.6 Å². The van der Waals surface area contributed by atoms with E-state index in [1.807, 2.05) is 30.4 Å². The van der Waals surface area contributed by atoms with Gasteiger partial charge in [-0.2, -0.15) is 0 Å². The Morgan fingerprint density at radius 2 is 2.04 bits per heavy atom. The van der Waals surface area contributed by atoms with E-state index < -0.39 is 0 Å². The van der Waals surface area contributed by atoms with Crippen LogP contribution >= 0.6 is 12.2 Å². The largest absolute Gasteiger partial charge is 0.352 e. The van der Waals surface area contributed by atoms with E-state index in [2.05, 4.69) is 45.8 Å². The number of nitrogens with one attached hydrogen (secondary N) is 2. The minimum absolute atomic E-state index is 0.0734. The second-order valence-corrected chi connectivity index (χ2v) is 7.42. The van der Waals surface area contributed by atoms with Crippen LogP contribution in [0.25, 0.3) is 0 Å². The molecule has 3 rings (SSSR count). The van der Waals surface area contributed by atoms with Crippen molar-refractivity contribution in [2.24, 2.45) is 15.9 Å². The summed E-state index contributed by atoms with van der Waals surface area (Å²) >= 11 is 5.18. The molecule has 6 heteroatoms. The monoisotopic (exact) mass is 394 g/mol. The van der Waals surface area contributed by atoms with E-state index >= 15 is 0 Å². The molecule has 1 aliphatic carbocycles. The molecule has 2 N–H and O–H groups in total. The molecule has 1 heterocycles. The first-order valence-electron chi connectivity index (χ1n) is 9.73. The van der Waals surface area contributed by atoms with Crippen LogP contribution in [0, 0.1) is 12.8 Å². The molecule has 0 saturated carbocycles. The number of allylic oxidation sites excluding steroid dienone is 3. The fourth-order valence-corrected chi connectivity index (χ4v) is 3.32. The van der Waals surface area contributed by atoms with Crippen molar-refractivity contribution in [2.45, 2.75) is 39.2 Å². The summed E-state index contributed by atoms with van der Waals surface area (Å²) in [6, 6.07) is 8.22. The van der Waals surface area contributed by atoms with Crippen molar-refractivity contribution in [1.82, 2.24) is 10.6 Å². The number of carbonyl (C=O) groups is 1. The van der Waals surface area contributed by atoms with Gasteiger partial charge in [0.05, 0.1) is 11.6 Å². The van der Waals surface area contributed by atoms with E-state index in [0.29, 0.717) is 18.1 Å². The van der Waals surface area contributed by atoms with Gasteiger partial charge in [0.15, 0.2) is 5.11 Å². The van der Waals surface area contributed by atoms with Gasteiger partial charge in [-0.25, -0.2) is 4.99 Å². The van der Waals surface area contributed by atoms with E-state index in [1.54, 1.807) is 0 Å². The average Bonchev–Trinajstić information content (AvgIpc) is 2.70. The molecule has 1 aliphatic heterocycles. The Hall–Kier alpha value is -2.60. The Balaban J connectivity index is 1.33. The Bertz CT molecular complexity index is 837. The van der Waals surface area contributed by atoms with Gasteiger partial charge in [0.1, 0.15) is 5.84 Å². The minimum Gasteiger partial charge on any atom is -0.352 e. The number of rotatable bonds is 8. The molecule has 2 aliphatic rings. The molecule has 0 bridgehead atoms. The predicted molar refractivity (Wildman–Crippen MR) is 119 cm³/mol. The topological polar surface area (TPSA) is 65.8 Å². The molecule has 1 aromatic rings. The normalized spacial score (nSPS) is 19.2. The number of nitrogens with zero attached hydrogens (tertiary/aromatic N) is 2. The second kappa shape index (κ2) is 10.1. The van der Waals surface area contributed by atoms with E-state index in [0.717, 1.165) is 42.9 Å². The number of aliphatic imine (C=N–C) groups is 2. The zero-order valence-corrected chi connectivity index (χ0v) is 17.0. The predicted octanol–water partition coefficient (Wildman–Crippen LogP) is 3.64. The summed E-state index contributed by atoms with van der Waals surface area (Å²) in [5.74, 6) is 1.04. The smallest absolute Gasteiger partial charge is 0.220 e. The number of benzene rings is 1. The lowest BCUT2D eigenvalue weighted by molar-refractivity contribution is -0.121. The van der Waals surface area contributed by atoms with Crippen LogP contribution in [-0.4, -0.2) is 29.1 Å². The van der Waals surface area contributed by atoms with Crippen LogP contribution in [0.2, 0.25) is 0 Å². The van der Waals surface area contributed by atoms with Crippen LogP contribution in [0.5, 0.6) is 0 Å². The number of hydrogen-bond donors (Lipinski definition) is 2. The average molecular weight is 395 g/mol. The van der Waals surface area contributed by atoms with Crippen LogP contribution < -0.4 is 10.6 Å². The molecule has 1 aromatic carbocycles. The molecular weight excluding hydrogens is 368 g/mol. The van der Waals surface area contributed by atoms with E-state index in [4.69, 9.17) is 12.2 Å². The molecule has 0 fully saturated rings. The molecule has 146 valence electrons. The Morgan fingerprint density at radius 1 is 1.21 bits per heavy atom. The molecule has 0 radical (unpaired) electrons. The summed E-state index contributed by atoms with van der Waals surface area (Å²) in [4.78, 5) is 21.0. The molecule has 5 nitrogen and oxygen atoms in total. The minimum atomic E-state index is 0.0734. The van der Waals surface area contributed by atoms with Crippen molar-refractivity contribution in [3.8, 4) is 0 Å². The van der Waals surface area contributed by atoms with Gasteiger partial charge >= 0.3 is 0 Å².